The van der Waals surface area contributed by atoms with E-state index < -0.39 is 10.0 Å². The zero-order chi connectivity index (χ0) is 13.7. The van der Waals surface area contributed by atoms with E-state index in [0.29, 0.717) is 11.4 Å². The Hall–Kier alpha value is -1.11. The van der Waals surface area contributed by atoms with Crippen LogP contribution in [0, 0.1) is 0 Å². The number of nitrogens with zero attached hydrogens (tertiary/aromatic N) is 1. The quantitative estimate of drug-likeness (QED) is 0.873. The highest BCUT2D eigenvalue weighted by atomic mass is 35.5. The summed E-state index contributed by atoms with van der Waals surface area (Å²) in [6.45, 7) is 5.74. The molecule has 0 spiro atoms. The van der Waals surface area contributed by atoms with E-state index in [1.54, 1.807) is 6.07 Å². The van der Waals surface area contributed by atoms with E-state index in [4.69, 9.17) is 21.2 Å². The fourth-order valence-electron chi connectivity index (χ4n) is 1.53. The van der Waals surface area contributed by atoms with Crippen LogP contribution in [-0.2, 0) is 15.4 Å². The zero-order valence-corrected chi connectivity index (χ0v) is 11.8. The van der Waals surface area contributed by atoms with Gasteiger partial charge in [0.05, 0.1) is 5.02 Å². The van der Waals surface area contributed by atoms with E-state index in [1.165, 1.54) is 6.07 Å². The predicted molar refractivity (Wildman–Crippen MR) is 69.1 cm³/mol. The van der Waals surface area contributed by atoms with E-state index in [-0.39, 0.29) is 20.9 Å². The summed E-state index contributed by atoms with van der Waals surface area (Å²) >= 11 is 5.86. The van der Waals surface area contributed by atoms with E-state index in [1.807, 2.05) is 20.8 Å². The van der Waals surface area contributed by atoms with Gasteiger partial charge in [0.15, 0.2) is 5.58 Å². The topological polar surface area (TPSA) is 86.2 Å². The van der Waals surface area contributed by atoms with Crippen LogP contribution in [0.5, 0.6) is 0 Å². The first-order valence-corrected chi connectivity index (χ1v) is 7.15. The van der Waals surface area contributed by atoms with Gasteiger partial charge in [-0.15, -0.1) is 0 Å². The van der Waals surface area contributed by atoms with Crippen LogP contribution >= 0.6 is 11.6 Å². The number of nitrogens with two attached hydrogens (primary N) is 1. The molecule has 0 aliphatic carbocycles. The number of hydrogen-bond donors (Lipinski definition) is 1. The molecule has 0 saturated carbocycles. The lowest BCUT2D eigenvalue weighted by Gasteiger charge is -2.11. The molecule has 0 aliphatic rings. The average molecular weight is 289 g/mol. The van der Waals surface area contributed by atoms with E-state index in [0.717, 1.165) is 0 Å². The molecule has 98 valence electrons. The Balaban J connectivity index is 2.87. The number of rotatable bonds is 1. The van der Waals surface area contributed by atoms with Crippen LogP contribution in [-0.4, -0.2) is 13.4 Å². The van der Waals surface area contributed by atoms with Crippen LogP contribution in [0.3, 0.4) is 0 Å². The number of fused-ring (bicyclic) bond motifs is 1. The summed E-state index contributed by atoms with van der Waals surface area (Å²) in [6.07, 6.45) is 0. The molecule has 0 aliphatic heterocycles. The minimum Gasteiger partial charge on any atom is -0.439 e. The van der Waals surface area contributed by atoms with Gasteiger partial charge in [-0.3, -0.25) is 0 Å². The first-order chi connectivity index (χ1) is 8.10. The molecule has 18 heavy (non-hydrogen) atoms. The van der Waals surface area contributed by atoms with Crippen LogP contribution in [0.4, 0.5) is 0 Å². The molecule has 0 saturated heterocycles. The van der Waals surface area contributed by atoms with Crippen molar-refractivity contribution in [1.29, 1.82) is 0 Å². The Morgan fingerprint density at radius 3 is 2.44 bits per heavy atom. The minimum absolute atomic E-state index is 0.0293. The van der Waals surface area contributed by atoms with Crippen molar-refractivity contribution in [1.82, 2.24) is 4.98 Å². The number of halogens is 1. The second-order valence-corrected chi connectivity index (χ2v) is 6.94. The van der Waals surface area contributed by atoms with Gasteiger partial charge < -0.3 is 4.42 Å². The SMILES string of the molecule is CC(C)(C)c1nc2ccc(Cl)c(S(N)(=O)=O)c2o1. The second-order valence-electron chi connectivity index (χ2n) is 5.04. The molecule has 1 aromatic carbocycles. The molecule has 2 rings (SSSR count). The first kappa shape index (κ1) is 13.3. The highest BCUT2D eigenvalue weighted by Crippen LogP contribution is 2.33. The van der Waals surface area contributed by atoms with E-state index >= 15 is 0 Å². The number of hydrogen-bond acceptors (Lipinski definition) is 4. The van der Waals surface area contributed by atoms with Crippen molar-refractivity contribution in [3.63, 3.8) is 0 Å². The fourth-order valence-corrected chi connectivity index (χ4v) is 2.75. The lowest BCUT2D eigenvalue weighted by atomic mass is 9.97. The van der Waals surface area contributed by atoms with Crippen molar-refractivity contribution >= 4 is 32.7 Å². The number of benzene rings is 1. The van der Waals surface area contributed by atoms with Crippen molar-refractivity contribution < 1.29 is 12.8 Å². The smallest absolute Gasteiger partial charge is 0.243 e. The third-order valence-electron chi connectivity index (χ3n) is 2.39. The Kier molecular flexibility index (Phi) is 2.92. The molecule has 2 N–H and O–H groups in total. The largest absolute Gasteiger partial charge is 0.439 e. The van der Waals surface area contributed by atoms with Crippen molar-refractivity contribution in [3.05, 3.63) is 23.0 Å². The van der Waals surface area contributed by atoms with Crippen LogP contribution in [0.15, 0.2) is 21.4 Å². The van der Waals surface area contributed by atoms with E-state index in [2.05, 4.69) is 4.98 Å². The monoisotopic (exact) mass is 288 g/mol. The van der Waals surface area contributed by atoms with Crippen molar-refractivity contribution in [2.75, 3.05) is 0 Å². The predicted octanol–water partition coefficient (Wildman–Crippen LogP) is 2.43. The number of sulfonamides is 1. The molecule has 7 heteroatoms. The second kappa shape index (κ2) is 3.94. The van der Waals surface area contributed by atoms with Gasteiger partial charge in [-0.2, -0.15) is 0 Å². The highest BCUT2D eigenvalue weighted by Gasteiger charge is 2.26. The summed E-state index contributed by atoms with van der Waals surface area (Å²) in [7, 11) is -3.96. The molecule has 1 heterocycles. The van der Waals surface area contributed by atoms with Crippen LogP contribution in [0.1, 0.15) is 26.7 Å². The third kappa shape index (κ3) is 2.23. The minimum atomic E-state index is -3.96. The maximum atomic E-state index is 11.5. The molecule has 0 fully saturated rings. The third-order valence-corrected chi connectivity index (χ3v) is 3.79. The Morgan fingerprint density at radius 1 is 1.33 bits per heavy atom. The molecular formula is C11H13ClN2O3S. The maximum Gasteiger partial charge on any atom is 0.243 e. The van der Waals surface area contributed by atoms with Crippen LogP contribution in [0.25, 0.3) is 11.1 Å². The Morgan fingerprint density at radius 2 is 1.94 bits per heavy atom. The van der Waals surface area contributed by atoms with Crippen LogP contribution in [0.2, 0.25) is 5.02 Å². The van der Waals surface area contributed by atoms with Gasteiger partial charge in [0, 0.05) is 5.41 Å². The zero-order valence-electron chi connectivity index (χ0n) is 10.2. The molecule has 0 unspecified atom stereocenters. The summed E-state index contributed by atoms with van der Waals surface area (Å²) in [4.78, 5) is 4.04. The molecule has 0 radical (unpaired) electrons. The van der Waals surface area contributed by atoms with Gasteiger partial charge in [-0.1, -0.05) is 32.4 Å². The molecule has 0 atom stereocenters. The highest BCUT2D eigenvalue weighted by molar-refractivity contribution is 7.89. The molecule has 0 amide bonds. The maximum absolute atomic E-state index is 11.5. The van der Waals surface area contributed by atoms with E-state index in [9.17, 15) is 8.42 Å². The van der Waals surface area contributed by atoms with Gasteiger partial charge in [0.25, 0.3) is 0 Å². The number of oxazole rings is 1. The fraction of sp³-hybridized carbons (Fsp3) is 0.364. The van der Waals surface area contributed by atoms with Crippen molar-refractivity contribution in [2.24, 2.45) is 5.14 Å². The standard InChI is InChI=1S/C11H13ClN2O3S/c1-11(2,3)10-14-7-5-4-6(12)9(8(7)17-10)18(13,15)16/h4-5H,1-3H3,(H2,13,15,16). The molecular weight excluding hydrogens is 276 g/mol. The Labute approximate surface area is 110 Å². The lowest BCUT2D eigenvalue weighted by molar-refractivity contribution is 0.408. The van der Waals surface area contributed by atoms with Gasteiger partial charge in [-0.25, -0.2) is 18.5 Å². The summed E-state index contributed by atoms with van der Waals surface area (Å²) in [6, 6.07) is 3.05. The van der Waals surface area contributed by atoms with Gasteiger partial charge in [0.2, 0.25) is 15.9 Å². The molecule has 5 nitrogen and oxygen atoms in total. The number of primary sulfonamides is 1. The van der Waals surface area contributed by atoms with Gasteiger partial charge in [-0.05, 0) is 12.1 Å². The summed E-state index contributed by atoms with van der Waals surface area (Å²) in [5.41, 5.74) is 0.199. The lowest BCUT2D eigenvalue weighted by Crippen LogP contribution is -2.13. The van der Waals surface area contributed by atoms with Crippen molar-refractivity contribution in [2.45, 2.75) is 31.1 Å². The summed E-state index contributed by atoms with van der Waals surface area (Å²) in [5.74, 6) is 0.435. The molecule has 2 aromatic rings. The Bertz CT molecular complexity index is 714. The molecule has 0 bridgehead atoms. The number of aromatic nitrogens is 1. The molecule has 1 aromatic heterocycles. The first-order valence-electron chi connectivity index (χ1n) is 5.23. The van der Waals surface area contributed by atoms with Gasteiger partial charge in [0.1, 0.15) is 10.4 Å². The van der Waals surface area contributed by atoms with Crippen molar-refractivity contribution in [3.8, 4) is 0 Å². The summed E-state index contributed by atoms with van der Waals surface area (Å²) in [5, 5.41) is 5.17. The van der Waals surface area contributed by atoms with Gasteiger partial charge >= 0.3 is 0 Å². The normalized spacial score (nSPS) is 13.2. The average Bonchev–Trinajstić information content (AvgIpc) is 2.57. The summed E-state index contributed by atoms with van der Waals surface area (Å²) < 4.78 is 28.6. The van der Waals surface area contributed by atoms with Crippen LogP contribution < -0.4 is 5.14 Å².